The highest BCUT2D eigenvalue weighted by atomic mass is 31.2. The van der Waals surface area contributed by atoms with Crippen molar-refractivity contribution in [2.75, 3.05) is 39.1 Å². The topological polar surface area (TPSA) is 125 Å². The molecular formula is C17H22N5O4P. The molecule has 0 amide bonds. The smallest absolute Gasteiger partial charge is 0.328 e. The van der Waals surface area contributed by atoms with Gasteiger partial charge in [-0.3, -0.25) is 4.57 Å². The minimum Gasteiger partial charge on any atom is -0.467 e. The fourth-order valence-electron chi connectivity index (χ4n) is 2.76. The van der Waals surface area contributed by atoms with E-state index in [1.54, 1.807) is 13.3 Å². The highest BCUT2D eigenvalue weighted by Crippen LogP contribution is 2.36. The third-order valence-electron chi connectivity index (χ3n) is 3.93. The van der Waals surface area contributed by atoms with Crippen LogP contribution < -0.4 is 16.2 Å². The highest BCUT2D eigenvalue weighted by molar-refractivity contribution is 7.62. The first-order chi connectivity index (χ1) is 12.8. The van der Waals surface area contributed by atoms with Gasteiger partial charge in [-0.1, -0.05) is 30.3 Å². The van der Waals surface area contributed by atoms with Gasteiger partial charge in [0.1, 0.15) is 12.7 Å². The summed E-state index contributed by atoms with van der Waals surface area (Å²) in [6, 6.07) is 8.98. The molecule has 1 unspecified atom stereocenters. The van der Waals surface area contributed by atoms with Crippen LogP contribution in [0.2, 0.25) is 0 Å². The van der Waals surface area contributed by atoms with Crippen molar-refractivity contribution in [2.24, 2.45) is 0 Å². The quantitative estimate of drug-likeness (QED) is 0.589. The Morgan fingerprint density at radius 1 is 1.26 bits per heavy atom. The molecule has 0 radical (unpaired) electrons. The Labute approximate surface area is 155 Å². The van der Waals surface area contributed by atoms with Gasteiger partial charge >= 0.3 is 11.7 Å². The first-order valence-electron chi connectivity index (χ1n) is 8.28. The molecule has 10 heteroatoms. The van der Waals surface area contributed by atoms with Crippen LogP contribution in [0, 0.1) is 0 Å². The molecule has 0 bridgehead atoms. The Balaban J connectivity index is 2.11. The van der Waals surface area contributed by atoms with Crippen LogP contribution in [0.5, 0.6) is 6.01 Å². The number of aromatic amines is 1. The standard InChI is InChI=1S/C17H22N5O4P/c1-25-16-20-14(18)13-15(21-16)22(17(23)19-13)12(9-26-10-27(2,3)24)11-7-5-4-6-8-11/h4-8,12H,9-10H2,1-3H3,(H,19,23)(H2,18,20,21). The van der Waals surface area contributed by atoms with Gasteiger partial charge in [-0.2, -0.15) is 9.97 Å². The number of methoxy groups -OCH3 is 1. The van der Waals surface area contributed by atoms with Crippen LogP contribution in [0.25, 0.3) is 11.2 Å². The Kier molecular flexibility index (Phi) is 5.34. The molecule has 27 heavy (non-hydrogen) atoms. The monoisotopic (exact) mass is 391 g/mol. The first kappa shape index (κ1) is 19.1. The van der Waals surface area contributed by atoms with E-state index >= 15 is 0 Å². The molecule has 0 saturated carbocycles. The van der Waals surface area contributed by atoms with Crippen LogP contribution in [-0.2, 0) is 9.30 Å². The third kappa shape index (κ3) is 4.20. The summed E-state index contributed by atoms with van der Waals surface area (Å²) in [6.45, 7) is 3.46. The number of fused-ring (bicyclic) bond motifs is 1. The second-order valence-electron chi connectivity index (χ2n) is 6.59. The van der Waals surface area contributed by atoms with Crippen molar-refractivity contribution in [2.45, 2.75) is 6.04 Å². The van der Waals surface area contributed by atoms with Crippen molar-refractivity contribution < 1.29 is 14.0 Å². The summed E-state index contributed by atoms with van der Waals surface area (Å²) < 4.78 is 24.2. The summed E-state index contributed by atoms with van der Waals surface area (Å²) in [5, 5.41) is 0. The van der Waals surface area contributed by atoms with E-state index in [0.717, 1.165) is 5.56 Å². The Bertz CT molecular complexity index is 1040. The number of anilines is 1. The number of hydrogen-bond donors (Lipinski definition) is 2. The fourth-order valence-corrected chi connectivity index (χ4v) is 3.31. The van der Waals surface area contributed by atoms with Gasteiger partial charge in [-0.15, -0.1) is 0 Å². The zero-order valence-electron chi connectivity index (χ0n) is 15.4. The Hall–Kier alpha value is -2.64. The molecular weight excluding hydrogens is 369 g/mol. The van der Waals surface area contributed by atoms with E-state index in [4.69, 9.17) is 15.2 Å². The third-order valence-corrected chi connectivity index (χ3v) is 4.74. The number of nitrogens with two attached hydrogens (primary N) is 1. The van der Waals surface area contributed by atoms with Gasteiger partial charge in [0.15, 0.2) is 11.5 Å². The number of nitrogens with one attached hydrogen (secondary N) is 1. The summed E-state index contributed by atoms with van der Waals surface area (Å²) in [7, 11) is -0.930. The molecule has 0 aliphatic rings. The fraction of sp³-hybridized carbons (Fsp3) is 0.353. The Morgan fingerprint density at radius 3 is 2.59 bits per heavy atom. The molecule has 144 valence electrons. The second-order valence-corrected chi connectivity index (χ2v) is 10.0. The van der Waals surface area contributed by atoms with Crippen LogP contribution >= 0.6 is 7.14 Å². The van der Waals surface area contributed by atoms with Gasteiger partial charge in [0.05, 0.1) is 26.1 Å². The maximum absolute atomic E-state index is 12.7. The summed E-state index contributed by atoms with van der Waals surface area (Å²) in [6.07, 6.45) is 0.119. The van der Waals surface area contributed by atoms with Crippen LogP contribution in [0.15, 0.2) is 35.1 Å². The van der Waals surface area contributed by atoms with Crippen molar-refractivity contribution in [1.29, 1.82) is 0 Å². The van der Waals surface area contributed by atoms with Crippen LogP contribution in [-0.4, -0.2) is 52.9 Å². The molecule has 0 saturated heterocycles. The van der Waals surface area contributed by atoms with Crippen molar-refractivity contribution in [3.8, 4) is 6.01 Å². The molecule has 3 N–H and O–H groups in total. The average Bonchev–Trinajstić information content (AvgIpc) is 2.95. The number of rotatable bonds is 7. The maximum atomic E-state index is 12.7. The van der Waals surface area contributed by atoms with E-state index in [-0.39, 0.29) is 24.8 Å². The van der Waals surface area contributed by atoms with E-state index in [2.05, 4.69) is 15.0 Å². The number of imidazole rings is 1. The maximum Gasteiger partial charge on any atom is 0.328 e. The largest absolute Gasteiger partial charge is 0.467 e. The first-order valence-corrected chi connectivity index (χ1v) is 11.1. The van der Waals surface area contributed by atoms with Crippen LogP contribution in [0.1, 0.15) is 11.6 Å². The summed E-state index contributed by atoms with van der Waals surface area (Å²) in [5.74, 6) is 0.118. The van der Waals surface area contributed by atoms with Gasteiger partial charge < -0.3 is 24.8 Å². The molecule has 2 aromatic heterocycles. The number of H-pyrrole nitrogens is 1. The lowest BCUT2D eigenvalue weighted by Crippen LogP contribution is -2.27. The average molecular weight is 391 g/mol. The van der Waals surface area contributed by atoms with Gasteiger partial charge in [0, 0.05) is 0 Å². The van der Waals surface area contributed by atoms with E-state index in [1.165, 1.54) is 11.7 Å². The van der Waals surface area contributed by atoms with Crippen LogP contribution in [0.4, 0.5) is 5.82 Å². The van der Waals surface area contributed by atoms with Gasteiger partial charge in [-0.05, 0) is 18.9 Å². The van der Waals surface area contributed by atoms with E-state index in [1.807, 2.05) is 30.3 Å². The second kappa shape index (κ2) is 7.54. The zero-order valence-corrected chi connectivity index (χ0v) is 16.3. The molecule has 0 spiro atoms. The van der Waals surface area contributed by atoms with Crippen molar-refractivity contribution >= 4 is 24.1 Å². The molecule has 1 aromatic carbocycles. The zero-order chi connectivity index (χ0) is 19.6. The molecule has 1 atom stereocenters. The summed E-state index contributed by atoms with van der Waals surface area (Å²) in [4.78, 5) is 23.7. The normalized spacial score (nSPS) is 13.0. The van der Waals surface area contributed by atoms with Crippen molar-refractivity contribution in [1.82, 2.24) is 19.5 Å². The number of benzene rings is 1. The summed E-state index contributed by atoms with van der Waals surface area (Å²) in [5.41, 5.74) is 7.03. The molecule has 3 aromatic rings. The van der Waals surface area contributed by atoms with Gasteiger partial charge in [0.2, 0.25) is 0 Å². The molecule has 0 fully saturated rings. The molecule has 0 aliphatic heterocycles. The number of nitrogens with zero attached hydrogens (tertiary/aromatic N) is 3. The lowest BCUT2D eigenvalue weighted by atomic mass is 10.1. The van der Waals surface area contributed by atoms with Crippen LogP contribution in [0.3, 0.4) is 0 Å². The minimum atomic E-state index is -2.35. The van der Waals surface area contributed by atoms with Crippen molar-refractivity contribution in [3.63, 3.8) is 0 Å². The lowest BCUT2D eigenvalue weighted by molar-refractivity contribution is 0.150. The number of aromatic nitrogens is 4. The molecule has 3 rings (SSSR count). The lowest BCUT2D eigenvalue weighted by Gasteiger charge is -2.20. The minimum absolute atomic E-state index is 0.0621. The highest BCUT2D eigenvalue weighted by Gasteiger charge is 2.23. The predicted octanol–water partition coefficient (Wildman–Crippen LogP) is 1.90. The molecule has 0 aliphatic carbocycles. The number of nitrogen functional groups attached to an aromatic ring is 1. The van der Waals surface area contributed by atoms with E-state index in [9.17, 15) is 9.36 Å². The number of hydrogen-bond acceptors (Lipinski definition) is 7. The molecule has 2 heterocycles. The number of ether oxygens (including phenoxy) is 2. The SMILES string of the molecule is COc1nc(N)c2[nH]c(=O)n(C(COCP(C)(C)=O)c3ccccc3)c2n1. The van der Waals surface area contributed by atoms with E-state index in [0.29, 0.717) is 11.2 Å². The van der Waals surface area contributed by atoms with Gasteiger partial charge in [0.25, 0.3) is 0 Å². The molecule has 9 nitrogen and oxygen atoms in total. The van der Waals surface area contributed by atoms with E-state index < -0.39 is 18.9 Å². The summed E-state index contributed by atoms with van der Waals surface area (Å²) >= 11 is 0. The van der Waals surface area contributed by atoms with Crippen molar-refractivity contribution in [3.05, 3.63) is 46.4 Å². The van der Waals surface area contributed by atoms with Gasteiger partial charge in [-0.25, -0.2) is 4.79 Å². The predicted molar refractivity (Wildman–Crippen MR) is 104 cm³/mol. The Morgan fingerprint density at radius 2 is 1.96 bits per heavy atom.